The summed E-state index contributed by atoms with van der Waals surface area (Å²) in [5, 5.41) is 12.5. The monoisotopic (exact) mass is 433 g/mol. The lowest BCUT2D eigenvalue weighted by Crippen LogP contribution is -2.25. The molecule has 0 spiro atoms. The van der Waals surface area contributed by atoms with Gasteiger partial charge in [-0.25, -0.2) is 9.31 Å². The molecule has 0 aliphatic rings. The number of halogens is 6. The molecule has 3 aromatic rings. The topological polar surface area (TPSA) is 76.6 Å². The van der Waals surface area contributed by atoms with Gasteiger partial charge in [0.05, 0.1) is 17.5 Å². The van der Waals surface area contributed by atoms with Gasteiger partial charge in [-0.15, -0.1) is 0 Å². The molecule has 0 amide bonds. The lowest BCUT2D eigenvalue weighted by Gasteiger charge is -2.15. The van der Waals surface area contributed by atoms with Crippen molar-refractivity contribution in [3.63, 3.8) is 0 Å². The number of carboxylic acids is 1. The van der Waals surface area contributed by atoms with E-state index in [4.69, 9.17) is 5.11 Å². The summed E-state index contributed by atoms with van der Waals surface area (Å²) in [6.45, 7) is 2.55. The number of aryl methyl sites for hydroxylation is 1. The summed E-state index contributed by atoms with van der Waals surface area (Å²) >= 11 is 0. The molecule has 0 radical (unpaired) electrons. The van der Waals surface area contributed by atoms with E-state index in [2.05, 4.69) is 5.10 Å². The highest BCUT2D eigenvalue weighted by molar-refractivity contribution is 5.90. The van der Waals surface area contributed by atoms with Crippen molar-refractivity contribution in [1.29, 1.82) is 0 Å². The first kappa shape index (κ1) is 21.4. The fourth-order valence-corrected chi connectivity index (χ4v) is 3.26. The second-order valence-corrected chi connectivity index (χ2v) is 6.41. The van der Waals surface area contributed by atoms with Gasteiger partial charge < -0.3 is 9.67 Å². The number of nitrogens with zero attached hydrogens (tertiary/aromatic N) is 3. The van der Waals surface area contributed by atoms with Gasteiger partial charge in [0, 0.05) is 12.1 Å². The number of carbonyl (C=O) groups is 1. The number of alkyl halides is 6. The van der Waals surface area contributed by atoms with Gasteiger partial charge in [0.2, 0.25) is 0 Å². The molecule has 6 nitrogen and oxygen atoms in total. The average molecular weight is 433 g/mol. The number of hydrogen-bond acceptors (Lipinski definition) is 3. The zero-order valence-electron chi connectivity index (χ0n) is 15.4. The van der Waals surface area contributed by atoms with Crippen molar-refractivity contribution >= 4 is 11.5 Å². The van der Waals surface area contributed by atoms with Crippen LogP contribution in [0.3, 0.4) is 0 Å². The molecule has 0 aliphatic heterocycles. The second kappa shape index (κ2) is 6.89. The Bertz CT molecular complexity index is 1220. The van der Waals surface area contributed by atoms with Crippen LogP contribution in [0.25, 0.3) is 16.8 Å². The third-order valence-electron chi connectivity index (χ3n) is 4.52. The summed E-state index contributed by atoms with van der Waals surface area (Å²) in [4.78, 5) is 24.0. The van der Waals surface area contributed by atoms with Crippen molar-refractivity contribution in [3.8, 4) is 11.3 Å². The lowest BCUT2D eigenvalue weighted by atomic mass is 10.0. The number of hydrogen-bond donors (Lipinski definition) is 1. The van der Waals surface area contributed by atoms with Crippen LogP contribution >= 0.6 is 0 Å². The Balaban J connectivity index is 2.37. The van der Waals surface area contributed by atoms with E-state index in [1.54, 1.807) is 0 Å². The minimum Gasteiger partial charge on any atom is -0.476 e. The van der Waals surface area contributed by atoms with E-state index >= 15 is 0 Å². The zero-order valence-corrected chi connectivity index (χ0v) is 15.4. The van der Waals surface area contributed by atoms with E-state index in [0.717, 1.165) is 29.0 Å². The van der Waals surface area contributed by atoms with Crippen LogP contribution in [-0.4, -0.2) is 25.3 Å². The fraction of sp³-hybridized carbons (Fsp3) is 0.278. The Morgan fingerprint density at radius 2 is 1.77 bits per heavy atom. The average Bonchev–Trinajstić information content (AvgIpc) is 3.01. The third-order valence-corrected chi connectivity index (χ3v) is 4.52. The molecule has 2 heterocycles. The van der Waals surface area contributed by atoms with Gasteiger partial charge in [-0.1, -0.05) is 6.07 Å². The first-order chi connectivity index (χ1) is 13.8. The predicted molar refractivity (Wildman–Crippen MR) is 92.3 cm³/mol. The van der Waals surface area contributed by atoms with Crippen molar-refractivity contribution in [2.45, 2.75) is 32.7 Å². The molecule has 160 valence electrons. The molecule has 0 saturated carbocycles. The minimum atomic E-state index is -5.16. The number of benzene rings is 1. The van der Waals surface area contributed by atoms with Crippen molar-refractivity contribution in [2.24, 2.45) is 0 Å². The maximum atomic E-state index is 13.4. The summed E-state index contributed by atoms with van der Waals surface area (Å²) in [7, 11) is 0. The molecule has 12 heteroatoms. The molecule has 0 bridgehead atoms. The summed E-state index contributed by atoms with van der Waals surface area (Å²) in [6, 6.07) is 3.02. The number of aromatic carboxylic acids is 1. The molecule has 0 saturated heterocycles. The van der Waals surface area contributed by atoms with E-state index in [9.17, 15) is 35.9 Å². The predicted octanol–water partition coefficient (Wildman–Crippen LogP) is 4.23. The molecule has 0 fully saturated rings. The Kier molecular flexibility index (Phi) is 4.91. The first-order valence-electron chi connectivity index (χ1n) is 8.42. The standard InChI is InChI=1S/C18H13F6N3O3/c1-3-26-11(9-4-5-10(8(2)6-9)17(19,20)21)7-27-14(15(26)28)12(18(22,23)24)13(25-27)16(29)30/h4-7H,3H2,1-2H3,(H,29,30). The molecule has 30 heavy (non-hydrogen) atoms. The maximum absolute atomic E-state index is 13.4. The van der Waals surface area contributed by atoms with Gasteiger partial charge in [-0.3, -0.25) is 4.79 Å². The van der Waals surface area contributed by atoms with E-state index in [-0.39, 0.29) is 23.4 Å². The van der Waals surface area contributed by atoms with Crippen molar-refractivity contribution < 1.29 is 36.2 Å². The molecule has 1 N–H and O–H groups in total. The van der Waals surface area contributed by atoms with E-state index < -0.39 is 46.2 Å². The van der Waals surface area contributed by atoms with Gasteiger partial charge >= 0.3 is 18.3 Å². The maximum Gasteiger partial charge on any atom is 0.421 e. The van der Waals surface area contributed by atoms with Crippen molar-refractivity contribution in [2.75, 3.05) is 0 Å². The quantitative estimate of drug-likeness (QED) is 0.628. The van der Waals surface area contributed by atoms with E-state index in [1.807, 2.05) is 0 Å². The Morgan fingerprint density at radius 1 is 1.13 bits per heavy atom. The van der Waals surface area contributed by atoms with Crippen LogP contribution in [0.15, 0.2) is 29.2 Å². The summed E-state index contributed by atoms with van der Waals surface area (Å²) < 4.78 is 80.8. The van der Waals surface area contributed by atoms with E-state index in [1.165, 1.54) is 13.8 Å². The molecular formula is C18H13F6N3O3. The van der Waals surface area contributed by atoms with Gasteiger partial charge in [-0.05, 0) is 31.5 Å². The minimum absolute atomic E-state index is 0.0139. The summed E-state index contributed by atoms with van der Waals surface area (Å²) in [6.07, 6.45) is -8.77. The summed E-state index contributed by atoms with van der Waals surface area (Å²) in [5.41, 5.74) is -6.11. The van der Waals surface area contributed by atoms with Crippen LogP contribution < -0.4 is 5.56 Å². The van der Waals surface area contributed by atoms with Crippen LogP contribution in [0.2, 0.25) is 0 Å². The molecule has 3 rings (SSSR count). The highest BCUT2D eigenvalue weighted by atomic mass is 19.4. The highest BCUT2D eigenvalue weighted by Gasteiger charge is 2.42. The van der Waals surface area contributed by atoms with Gasteiger partial charge in [0.15, 0.2) is 5.69 Å². The number of rotatable bonds is 3. The van der Waals surface area contributed by atoms with Crippen LogP contribution in [0.1, 0.15) is 34.1 Å². The molecule has 0 unspecified atom stereocenters. The molecule has 1 aromatic carbocycles. The first-order valence-corrected chi connectivity index (χ1v) is 8.42. The van der Waals surface area contributed by atoms with Crippen LogP contribution in [0, 0.1) is 6.92 Å². The van der Waals surface area contributed by atoms with Crippen molar-refractivity contribution in [3.05, 3.63) is 57.1 Å². The smallest absolute Gasteiger partial charge is 0.421 e. The number of aromatic nitrogens is 3. The highest BCUT2D eigenvalue weighted by Crippen LogP contribution is 2.36. The normalized spacial score (nSPS) is 12.5. The largest absolute Gasteiger partial charge is 0.476 e. The second-order valence-electron chi connectivity index (χ2n) is 6.41. The molecule has 0 atom stereocenters. The van der Waals surface area contributed by atoms with Crippen molar-refractivity contribution in [1.82, 2.24) is 14.2 Å². The van der Waals surface area contributed by atoms with Gasteiger partial charge in [-0.2, -0.15) is 31.4 Å². The van der Waals surface area contributed by atoms with Crippen LogP contribution in [-0.2, 0) is 18.9 Å². The van der Waals surface area contributed by atoms with E-state index in [0.29, 0.717) is 4.52 Å². The SMILES string of the molecule is CCn1c(-c2ccc(C(F)(F)F)c(C)c2)cn2nc(C(=O)O)c(C(F)(F)F)c2c1=O. The molecule has 0 aliphatic carbocycles. The van der Waals surface area contributed by atoms with Gasteiger partial charge in [0.25, 0.3) is 5.56 Å². The van der Waals surface area contributed by atoms with Crippen LogP contribution in [0.4, 0.5) is 26.3 Å². The Labute approximate surface area is 164 Å². The third kappa shape index (κ3) is 3.42. The lowest BCUT2D eigenvalue weighted by molar-refractivity contribution is -0.138. The Hall–Kier alpha value is -3.31. The zero-order chi connectivity index (χ0) is 22.6. The summed E-state index contributed by atoms with van der Waals surface area (Å²) in [5.74, 6) is -1.97. The number of fused-ring (bicyclic) bond motifs is 1. The Morgan fingerprint density at radius 3 is 2.23 bits per heavy atom. The van der Waals surface area contributed by atoms with Gasteiger partial charge in [0.1, 0.15) is 11.1 Å². The molecule has 2 aromatic heterocycles. The molecular weight excluding hydrogens is 420 g/mol. The number of carboxylic acid groups (broad SMARTS) is 1. The fourth-order valence-electron chi connectivity index (χ4n) is 3.26. The van der Waals surface area contributed by atoms with Crippen LogP contribution in [0.5, 0.6) is 0 Å².